The Morgan fingerprint density at radius 3 is 2.58 bits per heavy atom. The summed E-state index contributed by atoms with van der Waals surface area (Å²) < 4.78 is 16.3. The topological polar surface area (TPSA) is 99.1 Å². The molecule has 0 saturated carbocycles. The molecule has 0 radical (unpaired) electrons. The number of carbonyl (C=O) groups is 3. The summed E-state index contributed by atoms with van der Waals surface area (Å²) in [4.78, 5) is 35.6. The Bertz CT molecular complexity index is 1040. The first-order valence-corrected chi connectivity index (χ1v) is 11.2. The van der Waals surface area contributed by atoms with Gasteiger partial charge in [-0.05, 0) is 55.7 Å². The van der Waals surface area contributed by atoms with E-state index in [9.17, 15) is 19.5 Å². The number of esters is 1. The maximum absolute atomic E-state index is 12.4. The maximum atomic E-state index is 12.4. The summed E-state index contributed by atoms with van der Waals surface area (Å²) in [5, 5.41) is 10.4. The van der Waals surface area contributed by atoms with Crippen molar-refractivity contribution >= 4 is 17.5 Å². The zero-order chi connectivity index (χ0) is 24.0. The molecule has 1 atom stereocenters. The molecule has 0 saturated heterocycles. The van der Waals surface area contributed by atoms with Crippen molar-refractivity contribution in [2.24, 2.45) is 5.92 Å². The van der Waals surface area contributed by atoms with Gasteiger partial charge in [0.15, 0.2) is 11.6 Å². The van der Waals surface area contributed by atoms with Crippen molar-refractivity contribution < 1.29 is 33.7 Å². The number of fused-ring (bicyclic) bond motifs is 1. The van der Waals surface area contributed by atoms with Crippen LogP contribution in [0.3, 0.4) is 0 Å². The molecule has 0 amide bonds. The van der Waals surface area contributed by atoms with Crippen LogP contribution in [0.1, 0.15) is 65.0 Å². The van der Waals surface area contributed by atoms with Gasteiger partial charge in [-0.15, -0.1) is 0 Å². The lowest BCUT2D eigenvalue weighted by Crippen LogP contribution is -2.15. The first-order valence-electron chi connectivity index (χ1n) is 11.2. The third-order valence-corrected chi connectivity index (χ3v) is 5.75. The highest BCUT2D eigenvalue weighted by Gasteiger charge is 2.32. The highest BCUT2D eigenvalue weighted by Crippen LogP contribution is 2.34. The lowest BCUT2D eigenvalue weighted by molar-refractivity contribution is -0.141. The Hall–Kier alpha value is -3.35. The van der Waals surface area contributed by atoms with E-state index in [0.717, 1.165) is 12.0 Å². The summed E-state index contributed by atoms with van der Waals surface area (Å²) >= 11 is 0. The summed E-state index contributed by atoms with van der Waals surface area (Å²) in [5.74, 6) is 0.261. The Morgan fingerprint density at radius 2 is 1.88 bits per heavy atom. The van der Waals surface area contributed by atoms with Gasteiger partial charge in [0, 0.05) is 23.5 Å². The number of aromatic hydroxyl groups is 1. The minimum atomic E-state index is -0.385. The Balaban J connectivity index is 1.52. The number of phenols is 1. The van der Waals surface area contributed by atoms with Gasteiger partial charge in [0.25, 0.3) is 0 Å². The van der Waals surface area contributed by atoms with Gasteiger partial charge >= 0.3 is 5.97 Å². The summed E-state index contributed by atoms with van der Waals surface area (Å²) in [6, 6.07) is 8.67. The molecule has 3 rings (SSSR count). The van der Waals surface area contributed by atoms with Crippen LogP contribution >= 0.6 is 0 Å². The van der Waals surface area contributed by atoms with Gasteiger partial charge < -0.3 is 19.3 Å². The average molecular weight is 455 g/mol. The van der Waals surface area contributed by atoms with Crippen LogP contribution in [0.25, 0.3) is 0 Å². The number of benzene rings is 2. The molecular weight excluding hydrogens is 424 g/mol. The minimum absolute atomic E-state index is 0.00343. The third kappa shape index (κ3) is 5.72. The number of hydrogen-bond acceptors (Lipinski definition) is 7. The normalized spacial score (nSPS) is 14.6. The molecule has 176 valence electrons. The molecule has 0 aliphatic heterocycles. The van der Waals surface area contributed by atoms with Gasteiger partial charge in [0.2, 0.25) is 0 Å². The van der Waals surface area contributed by atoms with Crippen molar-refractivity contribution in [3.05, 3.63) is 52.6 Å². The minimum Gasteiger partial charge on any atom is -0.507 e. The van der Waals surface area contributed by atoms with Crippen molar-refractivity contribution in [1.82, 2.24) is 0 Å². The van der Waals surface area contributed by atoms with Gasteiger partial charge in [-0.2, -0.15) is 0 Å². The van der Waals surface area contributed by atoms with E-state index < -0.39 is 0 Å². The molecule has 0 aromatic heterocycles. The largest absolute Gasteiger partial charge is 0.507 e. The molecule has 0 bridgehead atoms. The number of phenolic OH excluding ortho intramolecular Hbond substituents is 1. The second kappa shape index (κ2) is 11.0. The third-order valence-electron chi connectivity index (χ3n) is 5.75. The van der Waals surface area contributed by atoms with E-state index in [2.05, 4.69) is 4.74 Å². The van der Waals surface area contributed by atoms with Crippen LogP contribution in [0.5, 0.6) is 17.2 Å². The number of Topliss-reactive ketones (excluding diaryl/α,β-unsaturated/α-hetero) is 2. The van der Waals surface area contributed by atoms with E-state index in [4.69, 9.17) is 9.47 Å². The van der Waals surface area contributed by atoms with E-state index in [-0.39, 0.29) is 35.6 Å². The molecule has 7 nitrogen and oxygen atoms in total. The molecule has 2 aromatic carbocycles. The predicted molar refractivity (Wildman–Crippen MR) is 122 cm³/mol. The maximum Gasteiger partial charge on any atom is 0.306 e. The van der Waals surface area contributed by atoms with Crippen molar-refractivity contribution in [1.29, 1.82) is 0 Å². The SMILES string of the molecule is CCCc1c(OCCCOc2ccc3c(c2)CC(CC(=O)OC)C3=O)ccc(C(C)=O)c1O. The summed E-state index contributed by atoms with van der Waals surface area (Å²) in [5.41, 5.74) is 2.47. The number of methoxy groups -OCH3 is 1. The first kappa shape index (κ1) is 24.3. The molecule has 0 heterocycles. The van der Waals surface area contributed by atoms with Gasteiger partial charge in [0.1, 0.15) is 17.2 Å². The molecule has 1 aliphatic rings. The standard InChI is InChI=1S/C26H30O7/c1-4-6-22-23(10-9-20(16(2)27)26(22)30)33-12-5-11-32-19-7-8-21-17(14-19)13-18(25(21)29)15-24(28)31-3/h7-10,14,18,30H,4-6,11-13,15H2,1-3H3. The fraction of sp³-hybridized carbons (Fsp3) is 0.423. The van der Waals surface area contributed by atoms with Gasteiger partial charge in [-0.3, -0.25) is 14.4 Å². The monoisotopic (exact) mass is 454 g/mol. The van der Waals surface area contributed by atoms with Gasteiger partial charge in [0.05, 0.1) is 32.3 Å². The Kier molecular flexibility index (Phi) is 8.09. The van der Waals surface area contributed by atoms with Crippen LogP contribution in [0.4, 0.5) is 0 Å². The quantitative estimate of drug-likeness (QED) is 0.307. The van der Waals surface area contributed by atoms with Gasteiger partial charge in [-0.25, -0.2) is 0 Å². The Labute approximate surface area is 193 Å². The molecule has 2 aromatic rings. The predicted octanol–water partition coefficient (Wildman–Crippen LogP) is 4.31. The summed E-state index contributed by atoms with van der Waals surface area (Å²) in [7, 11) is 1.32. The highest BCUT2D eigenvalue weighted by atomic mass is 16.5. The fourth-order valence-corrected chi connectivity index (χ4v) is 4.06. The second-order valence-corrected chi connectivity index (χ2v) is 8.16. The zero-order valence-corrected chi connectivity index (χ0v) is 19.3. The second-order valence-electron chi connectivity index (χ2n) is 8.16. The van der Waals surface area contributed by atoms with Crippen molar-refractivity contribution in [2.75, 3.05) is 20.3 Å². The molecule has 0 fully saturated rings. The molecule has 0 spiro atoms. The van der Waals surface area contributed by atoms with Crippen LogP contribution in [0.15, 0.2) is 30.3 Å². The molecule has 1 unspecified atom stereocenters. The highest BCUT2D eigenvalue weighted by molar-refractivity contribution is 6.03. The van der Waals surface area contributed by atoms with Crippen LogP contribution in [-0.2, 0) is 22.4 Å². The summed E-state index contributed by atoms with van der Waals surface area (Å²) in [6.07, 6.45) is 2.63. The Morgan fingerprint density at radius 1 is 1.12 bits per heavy atom. The van der Waals surface area contributed by atoms with Crippen molar-refractivity contribution in [2.45, 2.75) is 46.0 Å². The lowest BCUT2D eigenvalue weighted by atomic mass is 10.0. The average Bonchev–Trinajstić information content (AvgIpc) is 3.09. The lowest BCUT2D eigenvalue weighted by Gasteiger charge is -2.15. The van der Waals surface area contributed by atoms with Crippen molar-refractivity contribution in [3.8, 4) is 17.2 Å². The fourth-order valence-electron chi connectivity index (χ4n) is 4.06. The van der Waals surface area contributed by atoms with E-state index in [1.807, 2.05) is 13.0 Å². The first-order chi connectivity index (χ1) is 15.8. The summed E-state index contributed by atoms with van der Waals surface area (Å²) in [6.45, 7) is 4.23. The van der Waals surface area contributed by atoms with Crippen molar-refractivity contribution in [3.63, 3.8) is 0 Å². The number of carbonyl (C=O) groups excluding carboxylic acids is 3. The van der Waals surface area contributed by atoms with E-state index in [1.54, 1.807) is 24.3 Å². The molecule has 7 heteroatoms. The van der Waals surface area contributed by atoms with Gasteiger partial charge in [-0.1, -0.05) is 13.3 Å². The van der Waals surface area contributed by atoms with Crippen LogP contribution < -0.4 is 9.47 Å². The van der Waals surface area contributed by atoms with E-state index in [0.29, 0.717) is 60.7 Å². The van der Waals surface area contributed by atoms with Crippen LogP contribution in [0.2, 0.25) is 0 Å². The number of rotatable bonds is 11. The smallest absolute Gasteiger partial charge is 0.306 e. The zero-order valence-electron chi connectivity index (χ0n) is 19.3. The van der Waals surface area contributed by atoms with E-state index >= 15 is 0 Å². The number of ketones is 2. The molecule has 1 aliphatic carbocycles. The molecule has 33 heavy (non-hydrogen) atoms. The molecule has 1 N–H and O–H groups in total. The number of hydrogen-bond donors (Lipinski definition) is 1. The van der Waals surface area contributed by atoms with Crippen LogP contribution in [-0.4, -0.2) is 43.0 Å². The number of ether oxygens (including phenoxy) is 3. The molecular formula is C26H30O7. The van der Waals surface area contributed by atoms with Crippen LogP contribution in [0, 0.1) is 5.92 Å². The van der Waals surface area contributed by atoms with E-state index in [1.165, 1.54) is 14.0 Å².